The number of pyridine rings is 1. The van der Waals surface area contributed by atoms with E-state index in [0.717, 1.165) is 6.41 Å². The maximum Gasteiger partial charge on any atom is 0.272 e. The lowest BCUT2D eigenvalue weighted by Gasteiger charge is -2.32. The van der Waals surface area contributed by atoms with E-state index < -0.39 is 0 Å². The molecule has 25 heavy (non-hydrogen) atoms. The molecule has 6 nitrogen and oxygen atoms in total. The number of carbonyl (C=O) groups is 2. The monoisotopic (exact) mass is 378 g/mol. The van der Waals surface area contributed by atoms with E-state index in [1.165, 1.54) is 0 Å². The fourth-order valence-corrected chi connectivity index (χ4v) is 3.07. The van der Waals surface area contributed by atoms with Gasteiger partial charge in [-0.3, -0.25) is 14.6 Å². The van der Waals surface area contributed by atoms with Crippen molar-refractivity contribution in [2.45, 2.75) is 0 Å². The Morgan fingerprint density at radius 2 is 1.80 bits per heavy atom. The van der Waals surface area contributed by atoms with Gasteiger partial charge in [-0.1, -0.05) is 29.3 Å². The first-order valence-corrected chi connectivity index (χ1v) is 8.50. The number of nitrogens with one attached hydrogen (secondary N) is 1. The average molecular weight is 379 g/mol. The van der Waals surface area contributed by atoms with Gasteiger partial charge in [0.15, 0.2) is 0 Å². The average Bonchev–Trinajstić information content (AvgIpc) is 2.64. The Bertz CT molecular complexity index is 772. The van der Waals surface area contributed by atoms with Gasteiger partial charge in [0, 0.05) is 38.1 Å². The molecule has 0 saturated carbocycles. The first-order chi connectivity index (χ1) is 12.1. The second-order valence-electron chi connectivity index (χ2n) is 5.58. The number of hydrogen-bond acceptors (Lipinski definition) is 4. The molecule has 2 heterocycles. The maximum absolute atomic E-state index is 12.6. The van der Waals surface area contributed by atoms with Crippen LogP contribution in [0.2, 0.25) is 10.0 Å². The molecule has 8 heteroatoms. The molecule has 0 bridgehead atoms. The van der Waals surface area contributed by atoms with Crippen molar-refractivity contribution in [1.29, 1.82) is 0 Å². The fraction of sp³-hybridized carbons (Fsp3) is 0.235. The summed E-state index contributed by atoms with van der Waals surface area (Å²) in [5.74, 6) is -0.167. The molecular weight excluding hydrogens is 363 g/mol. The highest BCUT2D eigenvalue weighted by atomic mass is 35.5. The predicted molar refractivity (Wildman–Crippen MR) is 97.5 cm³/mol. The van der Waals surface area contributed by atoms with Crippen LogP contribution in [0.25, 0.3) is 0 Å². The molecule has 2 aromatic rings. The molecule has 1 aliphatic heterocycles. The van der Waals surface area contributed by atoms with Crippen molar-refractivity contribution >= 4 is 46.9 Å². The van der Waals surface area contributed by atoms with E-state index in [-0.39, 0.29) is 5.91 Å². The van der Waals surface area contributed by atoms with Gasteiger partial charge in [-0.05, 0) is 24.3 Å². The van der Waals surface area contributed by atoms with E-state index in [2.05, 4.69) is 10.3 Å². The largest absolute Gasteiger partial charge is 0.353 e. The standard InChI is InChI=1S/C17H16Cl2N4O2/c18-13-2-1-3-14(19)16(13)21-12-4-5-20-15(10-12)17(25)23-8-6-22(11-24)7-9-23/h1-5,10-11H,6-9H2,(H,20,21). The number of halogens is 2. The summed E-state index contributed by atoms with van der Waals surface area (Å²) in [7, 11) is 0. The SMILES string of the molecule is O=CN1CCN(C(=O)c2cc(Nc3c(Cl)cccc3Cl)ccn2)CC1. The summed E-state index contributed by atoms with van der Waals surface area (Å²) in [6, 6.07) is 8.62. The summed E-state index contributed by atoms with van der Waals surface area (Å²) in [6.45, 7) is 2.05. The predicted octanol–water partition coefficient (Wildman–Crippen LogP) is 3.05. The van der Waals surface area contributed by atoms with Crippen molar-refractivity contribution in [1.82, 2.24) is 14.8 Å². The van der Waals surface area contributed by atoms with E-state index in [1.54, 1.807) is 46.3 Å². The highest BCUT2D eigenvalue weighted by Gasteiger charge is 2.22. The lowest BCUT2D eigenvalue weighted by Crippen LogP contribution is -2.48. The third-order valence-corrected chi connectivity index (χ3v) is 4.59. The topological polar surface area (TPSA) is 65.5 Å². The van der Waals surface area contributed by atoms with Gasteiger partial charge in [-0.25, -0.2) is 0 Å². The molecule has 1 aromatic heterocycles. The molecule has 1 aromatic carbocycles. The highest BCUT2D eigenvalue weighted by molar-refractivity contribution is 6.39. The van der Waals surface area contributed by atoms with E-state index in [4.69, 9.17) is 23.2 Å². The fourth-order valence-electron chi connectivity index (χ4n) is 2.58. The second kappa shape index (κ2) is 7.72. The Hall–Kier alpha value is -2.31. The minimum absolute atomic E-state index is 0.167. The normalized spacial score (nSPS) is 14.3. The smallest absolute Gasteiger partial charge is 0.272 e. The van der Waals surface area contributed by atoms with Crippen molar-refractivity contribution < 1.29 is 9.59 Å². The van der Waals surface area contributed by atoms with E-state index in [1.807, 2.05) is 0 Å². The van der Waals surface area contributed by atoms with Crippen LogP contribution >= 0.6 is 23.2 Å². The molecule has 0 radical (unpaired) electrons. The van der Waals surface area contributed by atoms with E-state index in [0.29, 0.717) is 53.3 Å². The van der Waals surface area contributed by atoms with Gasteiger partial charge in [0.25, 0.3) is 5.91 Å². The number of carbonyl (C=O) groups excluding carboxylic acids is 2. The van der Waals surface area contributed by atoms with Crippen LogP contribution in [0, 0.1) is 0 Å². The Labute approximate surface area is 155 Å². The number of aromatic nitrogens is 1. The van der Waals surface area contributed by atoms with Crippen LogP contribution in [0.4, 0.5) is 11.4 Å². The number of hydrogen-bond donors (Lipinski definition) is 1. The number of rotatable bonds is 4. The van der Waals surface area contributed by atoms with Gasteiger partial charge in [-0.15, -0.1) is 0 Å². The van der Waals surface area contributed by atoms with Crippen LogP contribution in [0.1, 0.15) is 10.5 Å². The first-order valence-electron chi connectivity index (χ1n) is 7.74. The molecule has 0 spiro atoms. The molecule has 1 saturated heterocycles. The van der Waals surface area contributed by atoms with Crippen LogP contribution in [0.5, 0.6) is 0 Å². The number of nitrogens with zero attached hydrogens (tertiary/aromatic N) is 3. The molecule has 1 aliphatic rings. The summed E-state index contributed by atoms with van der Waals surface area (Å²) >= 11 is 12.3. The van der Waals surface area contributed by atoms with Crippen LogP contribution < -0.4 is 5.32 Å². The molecule has 3 rings (SSSR count). The Kier molecular flexibility index (Phi) is 5.40. The van der Waals surface area contributed by atoms with Crippen molar-refractivity contribution in [2.24, 2.45) is 0 Å². The number of para-hydroxylation sites is 1. The lowest BCUT2D eigenvalue weighted by molar-refractivity contribution is -0.119. The molecule has 1 N–H and O–H groups in total. The first kappa shape index (κ1) is 17.5. The van der Waals surface area contributed by atoms with Crippen LogP contribution in [-0.4, -0.2) is 53.3 Å². The quantitative estimate of drug-likeness (QED) is 0.830. The van der Waals surface area contributed by atoms with Crippen LogP contribution in [0.3, 0.4) is 0 Å². The van der Waals surface area contributed by atoms with E-state index >= 15 is 0 Å². The summed E-state index contributed by atoms with van der Waals surface area (Å²) in [6.07, 6.45) is 2.36. The number of anilines is 2. The zero-order chi connectivity index (χ0) is 17.8. The summed E-state index contributed by atoms with van der Waals surface area (Å²) in [5, 5.41) is 4.10. The van der Waals surface area contributed by atoms with Gasteiger partial charge in [-0.2, -0.15) is 0 Å². The van der Waals surface area contributed by atoms with Crippen molar-refractivity contribution in [2.75, 3.05) is 31.5 Å². The minimum Gasteiger partial charge on any atom is -0.353 e. The summed E-state index contributed by atoms with van der Waals surface area (Å²) in [4.78, 5) is 30.9. The van der Waals surface area contributed by atoms with Gasteiger partial charge in [0.05, 0.1) is 15.7 Å². The number of benzene rings is 1. The number of piperazine rings is 1. The van der Waals surface area contributed by atoms with Gasteiger partial charge < -0.3 is 15.1 Å². The van der Waals surface area contributed by atoms with Crippen molar-refractivity contribution in [3.05, 3.63) is 52.3 Å². The Morgan fingerprint density at radius 3 is 2.44 bits per heavy atom. The summed E-state index contributed by atoms with van der Waals surface area (Å²) in [5.41, 5.74) is 1.57. The third kappa shape index (κ3) is 4.03. The lowest BCUT2D eigenvalue weighted by atomic mass is 10.2. The van der Waals surface area contributed by atoms with Crippen LogP contribution in [-0.2, 0) is 4.79 Å². The van der Waals surface area contributed by atoms with Crippen LogP contribution in [0.15, 0.2) is 36.5 Å². The zero-order valence-corrected chi connectivity index (χ0v) is 14.8. The molecule has 0 aliphatic carbocycles. The minimum atomic E-state index is -0.167. The third-order valence-electron chi connectivity index (χ3n) is 3.96. The maximum atomic E-state index is 12.6. The molecule has 130 valence electrons. The van der Waals surface area contributed by atoms with Gasteiger partial charge in [0.2, 0.25) is 6.41 Å². The van der Waals surface area contributed by atoms with Crippen molar-refractivity contribution in [3.63, 3.8) is 0 Å². The second-order valence-corrected chi connectivity index (χ2v) is 6.40. The zero-order valence-electron chi connectivity index (χ0n) is 13.3. The van der Waals surface area contributed by atoms with Gasteiger partial charge in [0.1, 0.15) is 5.69 Å². The molecular formula is C17H16Cl2N4O2. The molecule has 1 fully saturated rings. The van der Waals surface area contributed by atoms with Crippen molar-refractivity contribution in [3.8, 4) is 0 Å². The van der Waals surface area contributed by atoms with Gasteiger partial charge >= 0.3 is 0 Å². The highest BCUT2D eigenvalue weighted by Crippen LogP contribution is 2.32. The Balaban J connectivity index is 1.75. The van der Waals surface area contributed by atoms with E-state index in [9.17, 15) is 9.59 Å². The molecule has 0 atom stereocenters. The summed E-state index contributed by atoms with van der Waals surface area (Å²) < 4.78 is 0. The number of amides is 2. The Morgan fingerprint density at radius 1 is 1.12 bits per heavy atom. The molecule has 2 amide bonds. The molecule has 0 unspecified atom stereocenters.